The zero-order valence-electron chi connectivity index (χ0n) is 12.4. The van der Waals surface area contributed by atoms with Gasteiger partial charge < -0.3 is 9.90 Å². The molecule has 0 aromatic heterocycles. The van der Waals surface area contributed by atoms with Crippen LogP contribution in [0.3, 0.4) is 0 Å². The number of hydrogen-bond donors (Lipinski definition) is 1. The lowest BCUT2D eigenvalue weighted by molar-refractivity contribution is -0.132. The van der Waals surface area contributed by atoms with Crippen LogP contribution in [0.2, 0.25) is 0 Å². The minimum atomic E-state index is -3.95. The molecule has 0 heterocycles. The molecule has 6 nitrogen and oxygen atoms in total. The number of aliphatic carboxylic acids is 1. The summed E-state index contributed by atoms with van der Waals surface area (Å²) in [4.78, 5) is 21.5. The number of rotatable bonds is 8. The molecule has 120 valence electrons. The van der Waals surface area contributed by atoms with E-state index >= 15 is 0 Å². The van der Waals surface area contributed by atoms with Gasteiger partial charge in [0.1, 0.15) is 6.29 Å². The van der Waals surface area contributed by atoms with Gasteiger partial charge in [-0.1, -0.05) is 17.7 Å². The molecule has 7 heteroatoms. The van der Waals surface area contributed by atoms with Gasteiger partial charge in [0, 0.05) is 12.0 Å². The molecule has 0 aliphatic rings. The lowest BCUT2D eigenvalue weighted by atomic mass is 10.1. The molecule has 0 bridgehead atoms. The van der Waals surface area contributed by atoms with Crippen molar-refractivity contribution in [3.8, 4) is 0 Å². The Labute approximate surface area is 129 Å². The van der Waals surface area contributed by atoms with E-state index in [1.54, 1.807) is 12.1 Å². The highest BCUT2D eigenvalue weighted by Gasteiger charge is 2.17. The first kappa shape index (κ1) is 18.1. The molecule has 1 N–H and O–H groups in total. The van der Waals surface area contributed by atoms with E-state index in [0.29, 0.717) is 6.29 Å². The molecule has 1 aromatic rings. The molecule has 0 saturated carbocycles. The predicted octanol–water partition coefficient (Wildman–Crippen LogP) is 2.08. The number of hydrogen-bond acceptors (Lipinski definition) is 5. The van der Waals surface area contributed by atoms with Crippen LogP contribution in [0.1, 0.15) is 25.3 Å². The first-order chi connectivity index (χ1) is 10.3. The summed E-state index contributed by atoms with van der Waals surface area (Å²) in [5.74, 6) is -1.18. The Bertz CT molecular complexity index is 670. The smallest absolute Gasteiger partial charge is 0.331 e. The van der Waals surface area contributed by atoms with Gasteiger partial charge in [0.25, 0.3) is 10.1 Å². The van der Waals surface area contributed by atoms with Crippen LogP contribution in [-0.4, -0.2) is 32.4 Å². The van der Waals surface area contributed by atoms with Crippen molar-refractivity contribution in [2.75, 3.05) is 6.61 Å². The molecule has 0 atom stereocenters. The van der Waals surface area contributed by atoms with Crippen LogP contribution < -0.4 is 0 Å². The Morgan fingerprint density at radius 2 is 1.86 bits per heavy atom. The number of aldehydes is 1. The molecule has 0 aliphatic carbocycles. The topological polar surface area (TPSA) is 97.7 Å². The quantitative estimate of drug-likeness (QED) is 0.446. The summed E-state index contributed by atoms with van der Waals surface area (Å²) in [6.07, 6.45) is 0.711. The minimum Gasteiger partial charge on any atom is -0.478 e. The van der Waals surface area contributed by atoms with E-state index in [0.717, 1.165) is 5.56 Å². The van der Waals surface area contributed by atoms with Crippen molar-refractivity contribution in [2.24, 2.45) is 0 Å². The van der Waals surface area contributed by atoms with Gasteiger partial charge in [-0.2, -0.15) is 8.42 Å². The summed E-state index contributed by atoms with van der Waals surface area (Å²) in [5.41, 5.74) is 1.17. The Morgan fingerprint density at radius 1 is 1.27 bits per heavy atom. The lowest BCUT2D eigenvalue weighted by Gasteiger charge is -2.09. The average molecular weight is 326 g/mol. The molecule has 0 unspecified atom stereocenters. The number of aryl methyl sites for hydroxylation is 1. The zero-order valence-corrected chi connectivity index (χ0v) is 13.2. The highest BCUT2D eigenvalue weighted by Crippen LogP contribution is 2.17. The SMILES string of the molecule is C/C(COS(=O)(=O)c1ccc(C)cc1)=C(\CCC=O)C(=O)O. The highest BCUT2D eigenvalue weighted by atomic mass is 32.2. The molecule has 1 aromatic carbocycles. The first-order valence-corrected chi connectivity index (χ1v) is 8.00. The van der Waals surface area contributed by atoms with Crippen LogP contribution in [0.15, 0.2) is 40.3 Å². The van der Waals surface area contributed by atoms with Gasteiger partial charge in [-0.25, -0.2) is 4.79 Å². The standard InChI is InChI=1S/C15H18O6S/c1-11-5-7-13(8-6-11)22(19,20)21-10-12(2)14(15(17)18)4-3-9-16/h5-9H,3-4,10H2,1-2H3,(H,17,18)/b14-12-. The molecule has 0 saturated heterocycles. The molecular weight excluding hydrogens is 308 g/mol. The molecule has 22 heavy (non-hydrogen) atoms. The molecule has 0 fully saturated rings. The largest absolute Gasteiger partial charge is 0.478 e. The predicted molar refractivity (Wildman–Crippen MR) is 80.0 cm³/mol. The Kier molecular flexibility index (Phi) is 6.45. The molecular formula is C15H18O6S. The van der Waals surface area contributed by atoms with Gasteiger partial charge in [0.05, 0.1) is 11.5 Å². The minimum absolute atomic E-state index is 0.00814. The highest BCUT2D eigenvalue weighted by molar-refractivity contribution is 7.86. The van der Waals surface area contributed by atoms with Crippen LogP contribution in [0.25, 0.3) is 0 Å². The zero-order chi connectivity index (χ0) is 16.8. The van der Waals surface area contributed by atoms with Gasteiger partial charge in [0.15, 0.2) is 0 Å². The summed E-state index contributed by atoms with van der Waals surface area (Å²) in [5, 5.41) is 9.07. The number of carbonyl (C=O) groups excluding carboxylic acids is 1. The molecule has 0 aliphatic heterocycles. The third kappa shape index (κ3) is 5.09. The van der Waals surface area contributed by atoms with Crippen molar-refractivity contribution in [3.63, 3.8) is 0 Å². The summed E-state index contributed by atoms with van der Waals surface area (Å²) in [7, 11) is -3.95. The van der Waals surface area contributed by atoms with Crippen LogP contribution in [0, 0.1) is 6.92 Å². The van der Waals surface area contributed by atoms with Gasteiger partial charge in [-0.3, -0.25) is 4.18 Å². The van der Waals surface area contributed by atoms with E-state index in [9.17, 15) is 18.0 Å². The number of carboxylic acid groups (broad SMARTS) is 1. The van der Waals surface area contributed by atoms with Crippen molar-refractivity contribution in [3.05, 3.63) is 41.0 Å². The van der Waals surface area contributed by atoms with Crippen molar-refractivity contribution >= 4 is 22.4 Å². The fraction of sp³-hybridized carbons (Fsp3) is 0.333. The van der Waals surface area contributed by atoms with Crippen molar-refractivity contribution in [1.29, 1.82) is 0 Å². The Balaban J connectivity index is 2.87. The second-order valence-electron chi connectivity index (χ2n) is 4.80. The lowest BCUT2D eigenvalue weighted by Crippen LogP contribution is -2.12. The van der Waals surface area contributed by atoms with Gasteiger partial charge in [0.2, 0.25) is 0 Å². The van der Waals surface area contributed by atoms with E-state index in [1.165, 1.54) is 19.1 Å². The van der Waals surface area contributed by atoms with E-state index in [1.807, 2.05) is 6.92 Å². The van der Waals surface area contributed by atoms with Crippen LogP contribution in [0.5, 0.6) is 0 Å². The maximum absolute atomic E-state index is 12.0. The average Bonchev–Trinajstić information content (AvgIpc) is 2.45. The van der Waals surface area contributed by atoms with Gasteiger partial charge >= 0.3 is 5.97 Å². The summed E-state index contributed by atoms with van der Waals surface area (Å²) < 4.78 is 28.9. The van der Waals surface area contributed by atoms with E-state index in [2.05, 4.69) is 0 Å². The number of benzene rings is 1. The monoisotopic (exact) mass is 326 g/mol. The Morgan fingerprint density at radius 3 is 2.36 bits per heavy atom. The van der Waals surface area contributed by atoms with Crippen LogP contribution in [0.4, 0.5) is 0 Å². The first-order valence-electron chi connectivity index (χ1n) is 6.59. The Hall–Kier alpha value is -1.99. The van der Waals surface area contributed by atoms with Crippen molar-refractivity contribution in [2.45, 2.75) is 31.6 Å². The van der Waals surface area contributed by atoms with Crippen molar-refractivity contribution in [1.82, 2.24) is 0 Å². The number of carbonyl (C=O) groups is 2. The molecule has 0 spiro atoms. The van der Waals surface area contributed by atoms with E-state index in [4.69, 9.17) is 9.29 Å². The molecule has 0 amide bonds. The van der Waals surface area contributed by atoms with Gasteiger partial charge in [-0.15, -0.1) is 0 Å². The van der Waals surface area contributed by atoms with Crippen molar-refractivity contribution < 1.29 is 27.3 Å². The summed E-state index contributed by atoms with van der Waals surface area (Å²) in [6, 6.07) is 6.14. The van der Waals surface area contributed by atoms with Crippen LogP contribution >= 0.6 is 0 Å². The summed E-state index contributed by atoms with van der Waals surface area (Å²) in [6.45, 7) is 2.94. The third-order valence-electron chi connectivity index (χ3n) is 3.03. The summed E-state index contributed by atoms with van der Waals surface area (Å²) >= 11 is 0. The van der Waals surface area contributed by atoms with E-state index < -0.39 is 16.1 Å². The third-order valence-corrected chi connectivity index (χ3v) is 4.30. The number of carboxylic acids is 1. The van der Waals surface area contributed by atoms with Gasteiger partial charge in [-0.05, 0) is 38.0 Å². The maximum Gasteiger partial charge on any atom is 0.331 e. The maximum atomic E-state index is 12.0. The van der Waals surface area contributed by atoms with E-state index in [-0.39, 0.29) is 35.5 Å². The molecule has 1 rings (SSSR count). The molecule has 0 radical (unpaired) electrons. The second kappa shape index (κ2) is 7.86. The fourth-order valence-electron chi connectivity index (χ4n) is 1.73. The normalized spacial score (nSPS) is 12.6. The second-order valence-corrected chi connectivity index (χ2v) is 6.41. The fourth-order valence-corrected chi connectivity index (χ4v) is 2.67. The van der Waals surface area contributed by atoms with Crippen LogP contribution in [-0.2, 0) is 23.9 Å².